The number of allylic oxidation sites excluding steroid dienone is 1. The molecule has 0 spiro atoms. The Morgan fingerprint density at radius 2 is 1.70 bits per heavy atom. The average molecular weight is 427 g/mol. The SMILES string of the molecule is CC(C)/C(N)=C(\Sc1cc(Cl)cc(Cl)c1)N(CCO)Cc1ccc(O)cc1. The van der Waals surface area contributed by atoms with Gasteiger partial charge in [0.1, 0.15) is 5.75 Å². The van der Waals surface area contributed by atoms with Gasteiger partial charge < -0.3 is 20.8 Å². The van der Waals surface area contributed by atoms with Crippen LogP contribution in [0.25, 0.3) is 0 Å². The van der Waals surface area contributed by atoms with E-state index in [0.717, 1.165) is 21.2 Å². The Morgan fingerprint density at radius 3 is 2.22 bits per heavy atom. The van der Waals surface area contributed by atoms with E-state index in [2.05, 4.69) is 0 Å². The summed E-state index contributed by atoms with van der Waals surface area (Å²) in [6.07, 6.45) is 0. The van der Waals surface area contributed by atoms with E-state index in [4.69, 9.17) is 28.9 Å². The fraction of sp³-hybridized carbons (Fsp3) is 0.300. The van der Waals surface area contributed by atoms with Crippen molar-refractivity contribution in [2.45, 2.75) is 25.3 Å². The molecule has 0 aliphatic carbocycles. The van der Waals surface area contributed by atoms with Crippen molar-refractivity contribution in [2.24, 2.45) is 11.7 Å². The molecule has 0 amide bonds. The minimum absolute atomic E-state index is 0.0101. The summed E-state index contributed by atoms with van der Waals surface area (Å²) in [5.74, 6) is 0.344. The van der Waals surface area contributed by atoms with E-state index in [1.807, 2.05) is 43.0 Å². The lowest BCUT2D eigenvalue weighted by Crippen LogP contribution is -2.28. The van der Waals surface area contributed by atoms with Crippen LogP contribution < -0.4 is 5.73 Å². The number of aliphatic hydroxyl groups excluding tert-OH is 1. The van der Waals surface area contributed by atoms with Crippen molar-refractivity contribution in [2.75, 3.05) is 13.2 Å². The maximum absolute atomic E-state index is 9.59. The first-order valence-electron chi connectivity index (χ1n) is 8.57. The topological polar surface area (TPSA) is 69.7 Å². The van der Waals surface area contributed by atoms with Gasteiger partial charge in [-0.3, -0.25) is 0 Å². The number of aromatic hydroxyl groups is 1. The predicted octanol–water partition coefficient (Wildman–Crippen LogP) is 5.07. The molecule has 27 heavy (non-hydrogen) atoms. The quantitative estimate of drug-likeness (QED) is 0.513. The van der Waals surface area contributed by atoms with Crippen molar-refractivity contribution in [1.29, 1.82) is 0 Å². The zero-order chi connectivity index (χ0) is 20.0. The van der Waals surface area contributed by atoms with E-state index < -0.39 is 0 Å². The number of rotatable bonds is 8. The Kier molecular flexibility index (Phi) is 8.17. The molecule has 0 radical (unpaired) electrons. The van der Waals surface area contributed by atoms with Crippen LogP contribution in [-0.2, 0) is 6.54 Å². The predicted molar refractivity (Wildman–Crippen MR) is 114 cm³/mol. The fourth-order valence-corrected chi connectivity index (χ4v) is 4.34. The number of nitrogens with two attached hydrogens (primary N) is 1. The molecule has 7 heteroatoms. The van der Waals surface area contributed by atoms with Crippen LogP contribution in [0.1, 0.15) is 19.4 Å². The highest BCUT2D eigenvalue weighted by molar-refractivity contribution is 8.03. The lowest BCUT2D eigenvalue weighted by Gasteiger charge is -2.29. The standard InChI is InChI=1S/C20H24Cl2N2O2S/c1-13(2)19(23)20(27-18-10-15(21)9-16(22)11-18)24(7-8-25)12-14-3-5-17(26)6-4-14/h3-6,9-11,13,25-26H,7-8,12,23H2,1-2H3/b20-19+. The summed E-state index contributed by atoms with van der Waals surface area (Å²) >= 11 is 13.8. The number of thioether (sulfide) groups is 1. The van der Waals surface area contributed by atoms with E-state index in [1.54, 1.807) is 18.2 Å². The molecule has 4 nitrogen and oxygen atoms in total. The van der Waals surface area contributed by atoms with Gasteiger partial charge in [-0.1, -0.05) is 60.9 Å². The molecule has 0 saturated carbocycles. The second kappa shape index (κ2) is 10.1. The van der Waals surface area contributed by atoms with E-state index in [9.17, 15) is 10.2 Å². The monoisotopic (exact) mass is 426 g/mol. The van der Waals surface area contributed by atoms with Gasteiger partial charge in [0.05, 0.1) is 11.6 Å². The Hall–Kier alpha value is -1.53. The van der Waals surface area contributed by atoms with Gasteiger partial charge in [-0.15, -0.1) is 0 Å². The number of phenols is 1. The van der Waals surface area contributed by atoms with Gasteiger partial charge in [0, 0.05) is 33.7 Å². The Balaban J connectivity index is 2.39. The first-order valence-corrected chi connectivity index (χ1v) is 10.1. The van der Waals surface area contributed by atoms with Gasteiger partial charge in [0.2, 0.25) is 0 Å². The molecular formula is C20H24Cl2N2O2S. The number of halogens is 2. The number of hydrogen-bond acceptors (Lipinski definition) is 5. The Bertz CT molecular complexity index is 775. The molecular weight excluding hydrogens is 403 g/mol. The number of nitrogens with zero attached hydrogens (tertiary/aromatic N) is 1. The third kappa shape index (κ3) is 6.54. The third-order valence-electron chi connectivity index (χ3n) is 3.89. The zero-order valence-corrected chi connectivity index (χ0v) is 17.7. The molecule has 0 heterocycles. The maximum Gasteiger partial charge on any atom is 0.115 e. The van der Waals surface area contributed by atoms with Crippen LogP contribution in [0.2, 0.25) is 10.0 Å². The molecule has 4 N–H and O–H groups in total. The smallest absolute Gasteiger partial charge is 0.115 e. The Labute approximate surface area is 174 Å². The van der Waals surface area contributed by atoms with Crippen LogP contribution in [0.5, 0.6) is 5.75 Å². The molecule has 0 aliphatic heterocycles. The van der Waals surface area contributed by atoms with Gasteiger partial charge in [-0.05, 0) is 41.8 Å². The normalized spacial score (nSPS) is 12.2. The fourth-order valence-electron chi connectivity index (χ4n) is 2.45. The molecule has 0 aromatic heterocycles. The molecule has 146 valence electrons. The molecule has 2 rings (SSSR count). The van der Waals surface area contributed by atoms with Gasteiger partial charge in [0.25, 0.3) is 0 Å². The summed E-state index contributed by atoms with van der Waals surface area (Å²) in [6, 6.07) is 12.3. The van der Waals surface area contributed by atoms with Crippen LogP contribution >= 0.6 is 35.0 Å². The largest absolute Gasteiger partial charge is 0.508 e. The minimum atomic E-state index is -0.0101. The van der Waals surface area contributed by atoms with Crippen molar-refractivity contribution < 1.29 is 10.2 Å². The van der Waals surface area contributed by atoms with Gasteiger partial charge in [0.15, 0.2) is 0 Å². The highest BCUT2D eigenvalue weighted by atomic mass is 35.5. The number of phenolic OH excluding ortho intramolecular Hbond substituents is 1. The first-order chi connectivity index (χ1) is 12.8. The van der Waals surface area contributed by atoms with E-state index in [0.29, 0.717) is 23.1 Å². The molecule has 2 aromatic carbocycles. The number of hydrogen-bond donors (Lipinski definition) is 3. The number of aliphatic hydroxyl groups is 1. The first kappa shape index (κ1) is 21.8. The zero-order valence-electron chi connectivity index (χ0n) is 15.3. The van der Waals surface area contributed by atoms with Crippen LogP contribution in [0.15, 0.2) is 58.1 Å². The lowest BCUT2D eigenvalue weighted by atomic mass is 10.1. The van der Waals surface area contributed by atoms with Gasteiger partial charge >= 0.3 is 0 Å². The van der Waals surface area contributed by atoms with Crippen LogP contribution in [0.3, 0.4) is 0 Å². The van der Waals surface area contributed by atoms with Gasteiger partial charge in [-0.25, -0.2) is 0 Å². The van der Waals surface area contributed by atoms with Crippen molar-refractivity contribution >= 4 is 35.0 Å². The number of benzene rings is 2. The second-order valence-electron chi connectivity index (χ2n) is 6.43. The van der Waals surface area contributed by atoms with E-state index in [-0.39, 0.29) is 18.3 Å². The van der Waals surface area contributed by atoms with E-state index in [1.165, 1.54) is 11.8 Å². The molecule has 0 saturated heterocycles. The van der Waals surface area contributed by atoms with Crippen LogP contribution in [0, 0.1) is 5.92 Å². The summed E-state index contributed by atoms with van der Waals surface area (Å²) in [5, 5.41) is 21.0. The second-order valence-corrected chi connectivity index (χ2v) is 8.37. The summed E-state index contributed by atoms with van der Waals surface area (Å²) in [7, 11) is 0. The maximum atomic E-state index is 9.59. The van der Waals surface area contributed by atoms with Crippen molar-refractivity contribution in [1.82, 2.24) is 4.90 Å². The van der Waals surface area contributed by atoms with Crippen molar-refractivity contribution in [3.63, 3.8) is 0 Å². The molecule has 0 fully saturated rings. The summed E-state index contributed by atoms with van der Waals surface area (Å²) in [6.45, 7) is 5.01. The summed E-state index contributed by atoms with van der Waals surface area (Å²) < 4.78 is 0. The molecule has 2 aromatic rings. The molecule has 0 bridgehead atoms. The minimum Gasteiger partial charge on any atom is -0.508 e. The summed E-state index contributed by atoms with van der Waals surface area (Å²) in [5.41, 5.74) is 8.15. The highest BCUT2D eigenvalue weighted by Crippen LogP contribution is 2.36. The van der Waals surface area contributed by atoms with Crippen LogP contribution in [0.4, 0.5) is 0 Å². The average Bonchev–Trinajstić information content (AvgIpc) is 2.59. The summed E-state index contributed by atoms with van der Waals surface area (Å²) in [4.78, 5) is 2.90. The Morgan fingerprint density at radius 1 is 1.11 bits per heavy atom. The molecule has 0 aliphatic rings. The van der Waals surface area contributed by atoms with Crippen molar-refractivity contribution in [3.05, 3.63) is 68.8 Å². The molecule has 0 atom stereocenters. The third-order valence-corrected chi connectivity index (χ3v) is 5.48. The highest BCUT2D eigenvalue weighted by Gasteiger charge is 2.18. The lowest BCUT2D eigenvalue weighted by molar-refractivity contribution is 0.228. The van der Waals surface area contributed by atoms with Crippen LogP contribution in [-0.4, -0.2) is 28.3 Å². The van der Waals surface area contributed by atoms with Crippen molar-refractivity contribution in [3.8, 4) is 5.75 Å². The van der Waals surface area contributed by atoms with Gasteiger partial charge in [-0.2, -0.15) is 0 Å². The van der Waals surface area contributed by atoms with E-state index >= 15 is 0 Å². The molecule has 0 unspecified atom stereocenters.